The highest BCUT2D eigenvalue weighted by Gasteiger charge is 2.36. The number of aryl methyl sites for hydroxylation is 1. The molecule has 2 heterocycles. The molecule has 0 radical (unpaired) electrons. The van der Waals surface area contributed by atoms with Crippen molar-refractivity contribution in [3.63, 3.8) is 0 Å². The molecule has 1 amide bonds. The molecule has 136 valence electrons. The average molecular weight is 358 g/mol. The number of alkyl halides is 3. The number of amides is 1. The smallest absolute Gasteiger partial charge is 0.346 e. The van der Waals surface area contributed by atoms with Crippen molar-refractivity contribution in [2.75, 3.05) is 6.54 Å². The van der Waals surface area contributed by atoms with E-state index in [0.717, 1.165) is 23.9 Å². The van der Waals surface area contributed by atoms with Crippen molar-refractivity contribution in [3.05, 3.63) is 17.5 Å². The van der Waals surface area contributed by atoms with Gasteiger partial charge in [-0.25, -0.2) is 4.98 Å². The van der Waals surface area contributed by atoms with Gasteiger partial charge in [-0.15, -0.1) is 10.2 Å². The highest BCUT2D eigenvalue weighted by Crippen LogP contribution is 2.26. The maximum atomic E-state index is 12.6. The first kappa shape index (κ1) is 17.3. The van der Waals surface area contributed by atoms with Crippen molar-refractivity contribution in [2.24, 2.45) is 11.7 Å². The van der Waals surface area contributed by atoms with Crippen LogP contribution in [0.3, 0.4) is 0 Å². The summed E-state index contributed by atoms with van der Waals surface area (Å²) in [7, 11) is 0. The lowest BCUT2D eigenvalue weighted by atomic mass is 10.0. The second kappa shape index (κ2) is 6.43. The lowest BCUT2D eigenvalue weighted by Crippen LogP contribution is -2.40. The van der Waals surface area contributed by atoms with Crippen LogP contribution in [0.25, 0.3) is 5.95 Å². The minimum absolute atomic E-state index is 0.0508. The predicted molar refractivity (Wildman–Crippen MR) is 78.7 cm³/mol. The van der Waals surface area contributed by atoms with E-state index >= 15 is 0 Å². The molecule has 12 heteroatoms. The molecule has 0 aliphatic heterocycles. The van der Waals surface area contributed by atoms with E-state index in [1.165, 1.54) is 6.92 Å². The molecule has 0 saturated heterocycles. The van der Waals surface area contributed by atoms with Gasteiger partial charge in [0.2, 0.25) is 11.6 Å². The van der Waals surface area contributed by atoms with Gasteiger partial charge in [0.1, 0.15) is 5.82 Å². The minimum atomic E-state index is -4.65. The van der Waals surface area contributed by atoms with Crippen LogP contribution in [0.15, 0.2) is 0 Å². The molecule has 2 atom stereocenters. The Morgan fingerprint density at radius 2 is 2.16 bits per heavy atom. The Morgan fingerprint density at radius 3 is 2.80 bits per heavy atom. The molecule has 0 spiro atoms. The zero-order chi connectivity index (χ0) is 18.2. The van der Waals surface area contributed by atoms with E-state index in [-0.39, 0.29) is 29.6 Å². The molecule has 2 aromatic rings. The number of nitrogens with zero attached hydrogens (tertiary/aromatic N) is 5. The second-order valence-corrected chi connectivity index (χ2v) is 5.88. The average Bonchev–Trinajstić information content (AvgIpc) is 3.24. The van der Waals surface area contributed by atoms with Gasteiger partial charge in [0.25, 0.3) is 11.9 Å². The molecule has 25 heavy (non-hydrogen) atoms. The van der Waals surface area contributed by atoms with E-state index in [9.17, 15) is 18.0 Å². The molecule has 9 nitrogen and oxygen atoms in total. The van der Waals surface area contributed by atoms with E-state index in [1.54, 1.807) is 5.10 Å². The van der Waals surface area contributed by atoms with Gasteiger partial charge >= 0.3 is 6.18 Å². The van der Waals surface area contributed by atoms with E-state index in [1.807, 2.05) is 0 Å². The number of H-pyrrole nitrogens is 1. The van der Waals surface area contributed by atoms with Gasteiger partial charge in [-0.1, -0.05) is 6.42 Å². The normalized spacial score (nSPS) is 20.8. The lowest BCUT2D eigenvalue weighted by Gasteiger charge is -2.18. The van der Waals surface area contributed by atoms with Gasteiger partial charge in [-0.05, 0) is 32.2 Å². The Bertz CT molecular complexity index is 768. The van der Waals surface area contributed by atoms with E-state index < -0.39 is 17.9 Å². The molecule has 4 N–H and O–H groups in total. The summed E-state index contributed by atoms with van der Waals surface area (Å²) >= 11 is 0. The molecule has 2 aromatic heterocycles. The maximum Gasteiger partial charge on any atom is 0.451 e. The highest BCUT2D eigenvalue weighted by atomic mass is 19.4. The largest absolute Gasteiger partial charge is 0.451 e. The van der Waals surface area contributed by atoms with Gasteiger partial charge in [0, 0.05) is 6.04 Å². The fourth-order valence-corrected chi connectivity index (χ4v) is 2.89. The minimum Gasteiger partial charge on any atom is -0.346 e. The molecule has 2 unspecified atom stereocenters. The first-order valence-electron chi connectivity index (χ1n) is 7.74. The number of nitrogens with two attached hydrogens (primary N) is 1. The summed E-state index contributed by atoms with van der Waals surface area (Å²) in [6, 6.07) is -0.0508. The van der Waals surface area contributed by atoms with Crippen LogP contribution in [0.4, 0.5) is 13.2 Å². The molecule has 1 saturated carbocycles. The number of carbonyl (C=O) groups excluding carboxylic acids is 1. The third-order valence-electron chi connectivity index (χ3n) is 4.18. The Hall–Kier alpha value is -2.50. The van der Waals surface area contributed by atoms with Gasteiger partial charge in [0.05, 0.1) is 0 Å². The number of nitrogens with one attached hydrogen (secondary N) is 2. The molecular weight excluding hydrogens is 341 g/mol. The molecule has 3 rings (SSSR count). The summed E-state index contributed by atoms with van der Waals surface area (Å²) in [6.07, 6.45) is -1.91. The topological polar surface area (TPSA) is 127 Å². The van der Waals surface area contributed by atoms with Crippen LogP contribution in [-0.2, 0) is 6.18 Å². The van der Waals surface area contributed by atoms with Gasteiger partial charge in [-0.3, -0.25) is 9.89 Å². The van der Waals surface area contributed by atoms with E-state index in [2.05, 4.69) is 25.5 Å². The second-order valence-electron chi connectivity index (χ2n) is 5.88. The van der Waals surface area contributed by atoms with E-state index in [0.29, 0.717) is 6.54 Å². The highest BCUT2D eigenvalue weighted by molar-refractivity contribution is 5.90. The van der Waals surface area contributed by atoms with Crippen LogP contribution in [-0.4, -0.2) is 48.4 Å². The lowest BCUT2D eigenvalue weighted by molar-refractivity contribution is -0.144. The third-order valence-corrected chi connectivity index (χ3v) is 4.18. The predicted octanol–water partition coefficient (Wildman–Crippen LogP) is 0.570. The number of carbonyl (C=O) groups is 1. The Kier molecular flexibility index (Phi) is 4.45. The molecule has 0 aromatic carbocycles. The number of aromatic amines is 1. The van der Waals surface area contributed by atoms with Crippen LogP contribution in [0.1, 0.15) is 41.5 Å². The van der Waals surface area contributed by atoms with Crippen molar-refractivity contribution in [1.29, 1.82) is 0 Å². The summed E-state index contributed by atoms with van der Waals surface area (Å²) in [5.41, 5.74) is 5.68. The molecule has 1 aliphatic carbocycles. The zero-order valence-corrected chi connectivity index (χ0v) is 13.3. The summed E-state index contributed by atoms with van der Waals surface area (Å²) in [4.78, 5) is 19.6. The Morgan fingerprint density at radius 1 is 1.40 bits per heavy atom. The zero-order valence-electron chi connectivity index (χ0n) is 13.3. The van der Waals surface area contributed by atoms with Crippen molar-refractivity contribution < 1.29 is 18.0 Å². The fourth-order valence-electron chi connectivity index (χ4n) is 2.89. The molecule has 1 fully saturated rings. The molecule has 0 bridgehead atoms. The van der Waals surface area contributed by atoms with Gasteiger partial charge in [0.15, 0.2) is 0 Å². The van der Waals surface area contributed by atoms with Crippen molar-refractivity contribution in [3.8, 4) is 5.95 Å². The summed E-state index contributed by atoms with van der Waals surface area (Å²) in [6.45, 7) is 1.97. The first-order chi connectivity index (χ1) is 11.8. The van der Waals surface area contributed by atoms with Crippen LogP contribution >= 0.6 is 0 Å². The molecular formula is C13H17F3N8O. The molecule has 1 aliphatic rings. The number of aromatic nitrogens is 6. The first-order valence-corrected chi connectivity index (χ1v) is 7.74. The third kappa shape index (κ3) is 3.48. The monoisotopic (exact) mass is 358 g/mol. The van der Waals surface area contributed by atoms with Crippen molar-refractivity contribution >= 4 is 5.91 Å². The van der Waals surface area contributed by atoms with Crippen LogP contribution in [0.2, 0.25) is 0 Å². The van der Waals surface area contributed by atoms with E-state index in [4.69, 9.17) is 5.73 Å². The summed E-state index contributed by atoms with van der Waals surface area (Å²) in [5, 5.41) is 12.0. The van der Waals surface area contributed by atoms with Crippen LogP contribution < -0.4 is 11.1 Å². The van der Waals surface area contributed by atoms with Gasteiger partial charge in [-0.2, -0.15) is 22.8 Å². The number of hydrogen-bond donors (Lipinski definition) is 3. The SMILES string of the molecule is Cc1nc(C(=O)NC2CCCC2CN)nn1-c1n[nH]c(C(F)(F)F)n1. The maximum absolute atomic E-state index is 12.6. The summed E-state index contributed by atoms with van der Waals surface area (Å²) < 4.78 is 38.8. The number of hydrogen-bond acceptors (Lipinski definition) is 6. The summed E-state index contributed by atoms with van der Waals surface area (Å²) in [5.74, 6) is -1.84. The van der Waals surface area contributed by atoms with Crippen molar-refractivity contribution in [1.82, 2.24) is 35.3 Å². The fraction of sp³-hybridized carbons (Fsp3) is 0.615. The number of halogens is 3. The quantitative estimate of drug-likeness (QED) is 0.733. The van der Waals surface area contributed by atoms with Crippen molar-refractivity contribution in [2.45, 2.75) is 38.4 Å². The Labute approximate surface area is 140 Å². The van der Waals surface area contributed by atoms with Gasteiger partial charge < -0.3 is 11.1 Å². The number of rotatable bonds is 4. The van der Waals surface area contributed by atoms with Crippen LogP contribution in [0, 0.1) is 12.8 Å². The van der Waals surface area contributed by atoms with Crippen LogP contribution in [0.5, 0.6) is 0 Å². The Balaban J connectivity index is 1.78. The standard InChI is InChI=1S/C13H17F3N8O/c1-6-18-9(10(25)19-8-4-2-3-7(8)5-17)23-24(6)12-20-11(21-22-12)13(14,15)16/h7-8H,2-5,17H2,1H3,(H,19,25)(H,20,21,22).